The van der Waals surface area contributed by atoms with Crippen molar-refractivity contribution in [2.45, 2.75) is 25.6 Å². The smallest absolute Gasteiger partial charge is 0.130 e. The molecule has 160 valence electrons. The van der Waals surface area contributed by atoms with Gasteiger partial charge in [-0.05, 0) is 48.9 Å². The number of nitrogens with zero attached hydrogens (tertiary/aromatic N) is 1. The van der Waals surface area contributed by atoms with Gasteiger partial charge in [-0.25, -0.2) is 0 Å². The Morgan fingerprint density at radius 1 is 0.968 bits per heavy atom. The molecule has 4 rings (SSSR count). The summed E-state index contributed by atoms with van der Waals surface area (Å²) in [5.41, 5.74) is 4.94. The second kappa shape index (κ2) is 9.12. The molecule has 2 atom stereocenters. The van der Waals surface area contributed by atoms with Crippen LogP contribution in [0.1, 0.15) is 40.9 Å². The number of aromatic hydroxyl groups is 1. The lowest BCUT2D eigenvalue weighted by molar-refractivity contribution is 0.374. The van der Waals surface area contributed by atoms with Gasteiger partial charge in [-0.15, -0.1) is 0 Å². The van der Waals surface area contributed by atoms with Crippen LogP contribution in [0.4, 0.5) is 0 Å². The van der Waals surface area contributed by atoms with Crippen molar-refractivity contribution >= 4 is 21.6 Å². The molecule has 6 heteroatoms. The molecule has 1 heterocycles. The van der Waals surface area contributed by atoms with E-state index in [0.717, 1.165) is 38.4 Å². The normalized spacial score (nSPS) is 18.4. The summed E-state index contributed by atoms with van der Waals surface area (Å²) in [5, 5.41) is 14.2. The summed E-state index contributed by atoms with van der Waals surface area (Å²) in [5.74, 6) is 1.71. The van der Waals surface area contributed by atoms with Crippen molar-refractivity contribution in [1.29, 1.82) is 0 Å². The minimum absolute atomic E-state index is 0.132. The molecule has 0 fully saturated rings. The lowest BCUT2D eigenvalue weighted by Crippen LogP contribution is -2.33. The van der Waals surface area contributed by atoms with E-state index >= 15 is 0 Å². The highest BCUT2D eigenvalue weighted by molar-refractivity contribution is 9.10. The SMILES string of the molecule is COc1ccc(OC)c([C@@H]2N=C(c3ccc(C)cc3)C[C@H](c3cc(Br)ccc3O)N2)c1. The van der Waals surface area contributed by atoms with Crippen LogP contribution in [0.5, 0.6) is 17.2 Å². The zero-order chi connectivity index (χ0) is 22.0. The largest absolute Gasteiger partial charge is 0.508 e. The first-order valence-corrected chi connectivity index (χ1v) is 10.9. The van der Waals surface area contributed by atoms with E-state index in [-0.39, 0.29) is 18.0 Å². The molecule has 0 unspecified atom stereocenters. The number of rotatable bonds is 5. The Kier molecular flexibility index (Phi) is 6.30. The molecule has 3 aromatic carbocycles. The van der Waals surface area contributed by atoms with Gasteiger partial charge in [0.15, 0.2) is 0 Å². The molecule has 0 radical (unpaired) electrons. The number of aliphatic imine (C=N–C) groups is 1. The second-order valence-corrected chi connectivity index (χ2v) is 8.49. The van der Waals surface area contributed by atoms with Crippen molar-refractivity contribution in [3.63, 3.8) is 0 Å². The van der Waals surface area contributed by atoms with Crippen LogP contribution in [0.25, 0.3) is 0 Å². The number of hydrogen-bond donors (Lipinski definition) is 2. The van der Waals surface area contributed by atoms with E-state index in [1.807, 2.05) is 30.3 Å². The van der Waals surface area contributed by atoms with Gasteiger partial charge in [0.05, 0.1) is 14.2 Å². The molecule has 0 bridgehead atoms. The fraction of sp³-hybridized carbons (Fsp3) is 0.240. The molecular formula is C25H25BrN2O3. The number of halogens is 1. The summed E-state index contributed by atoms with van der Waals surface area (Å²) in [7, 11) is 3.29. The molecule has 0 aromatic heterocycles. The fourth-order valence-corrected chi connectivity index (χ4v) is 4.22. The molecule has 1 aliphatic heterocycles. The summed E-state index contributed by atoms with van der Waals surface area (Å²) >= 11 is 3.53. The number of phenols is 1. The van der Waals surface area contributed by atoms with Gasteiger partial charge in [-0.3, -0.25) is 10.3 Å². The van der Waals surface area contributed by atoms with Gasteiger partial charge in [-0.1, -0.05) is 45.8 Å². The molecule has 31 heavy (non-hydrogen) atoms. The van der Waals surface area contributed by atoms with Crippen LogP contribution in [-0.2, 0) is 0 Å². The Morgan fingerprint density at radius 3 is 2.45 bits per heavy atom. The van der Waals surface area contributed by atoms with Crippen LogP contribution >= 0.6 is 15.9 Å². The number of aryl methyl sites for hydroxylation is 1. The van der Waals surface area contributed by atoms with Crippen molar-refractivity contribution in [1.82, 2.24) is 5.32 Å². The van der Waals surface area contributed by atoms with Crippen LogP contribution in [0.15, 0.2) is 70.1 Å². The molecule has 5 nitrogen and oxygen atoms in total. The highest BCUT2D eigenvalue weighted by Gasteiger charge is 2.29. The average Bonchev–Trinajstić information content (AvgIpc) is 2.80. The van der Waals surface area contributed by atoms with Crippen molar-refractivity contribution < 1.29 is 14.6 Å². The van der Waals surface area contributed by atoms with E-state index in [2.05, 4.69) is 52.4 Å². The summed E-state index contributed by atoms with van der Waals surface area (Å²) < 4.78 is 12.0. The molecule has 0 amide bonds. The number of phenolic OH excluding ortho intramolecular Hbond substituents is 1. The number of methoxy groups -OCH3 is 2. The van der Waals surface area contributed by atoms with Crippen molar-refractivity contribution in [3.8, 4) is 17.2 Å². The monoisotopic (exact) mass is 480 g/mol. The zero-order valence-electron chi connectivity index (χ0n) is 17.7. The predicted octanol–water partition coefficient (Wildman–Crippen LogP) is 5.70. The highest BCUT2D eigenvalue weighted by atomic mass is 79.9. The molecular weight excluding hydrogens is 456 g/mol. The molecule has 2 N–H and O–H groups in total. The topological polar surface area (TPSA) is 63.1 Å². The molecule has 0 spiro atoms. The third-order valence-electron chi connectivity index (χ3n) is 5.52. The first kappa shape index (κ1) is 21.4. The lowest BCUT2D eigenvalue weighted by Gasteiger charge is -2.31. The number of ether oxygens (including phenoxy) is 2. The standard InChI is InChI=1S/C25H25BrN2O3/c1-15-4-6-16(7-5-15)21-14-22(19-12-17(26)8-10-23(19)29)28-25(27-21)20-13-18(30-2)9-11-24(20)31-3/h4-13,22,25,28-29H,14H2,1-3H3/t22-,25-/m1/s1. The average molecular weight is 481 g/mol. The third kappa shape index (κ3) is 4.60. The van der Waals surface area contributed by atoms with E-state index in [0.29, 0.717) is 6.42 Å². The maximum atomic E-state index is 10.6. The zero-order valence-corrected chi connectivity index (χ0v) is 19.3. The van der Waals surface area contributed by atoms with Crippen LogP contribution < -0.4 is 14.8 Å². The van der Waals surface area contributed by atoms with Gasteiger partial charge in [0.25, 0.3) is 0 Å². The number of nitrogens with one attached hydrogen (secondary N) is 1. The van der Waals surface area contributed by atoms with Crippen LogP contribution in [0.3, 0.4) is 0 Å². The van der Waals surface area contributed by atoms with E-state index < -0.39 is 0 Å². The fourth-order valence-electron chi connectivity index (χ4n) is 3.84. The van der Waals surface area contributed by atoms with Crippen LogP contribution in [-0.4, -0.2) is 25.0 Å². The minimum Gasteiger partial charge on any atom is -0.508 e. The molecule has 3 aromatic rings. The molecule has 1 aliphatic rings. The maximum Gasteiger partial charge on any atom is 0.130 e. The van der Waals surface area contributed by atoms with Gasteiger partial charge < -0.3 is 14.6 Å². The van der Waals surface area contributed by atoms with Crippen LogP contribution in [0, 0.1) is 6.92 Å². The van der Waals surface area contributed by atoms with E-state index in [1.54, 1.807) is 20.3 Å². The van der Waals surface area contributed by atoms with Gasteiger partial charge in [0.2, 0.25) is 0 Å². The number of benzene rings is 3. The Labute approximate surface area is 190 Å². The first-order valence-electron chi connectivity index (χ1n) is 10.1. The molecule has 0 aliphatic carbocycles. The van der Waals surface area contributed by atoms with Crippen molar-refractivity contribution in [2.24, 2.45) is 4.99 Å². The first-order chi connectivity index (χ1) is 15.0. The van der Waals surface area contributed by atoms with Gasteiger partial charge >= 0.3 is 0 Å². The van der Waals surface area contributed by atoms with Gasteiger partial charge in [0.1, 0.15) is 23.4 Å². The summed E-state index contributed by atoms with van der Waals surface area (Å²) in [6, 6.07) is 19.4. The van der Waals surface area contributed by atoms with E-state index in [9.17, 15) is 5.11 Å². The second-order valence-electron chi connectivity index (χ2n) is 7.58. The Balaban J connectivity index is 1.82. The summed E-state index contributed by atoms with van der Waals surface area (Å²) in [4.78, 5) is 5.04. The molecule has 0 saturated carbocycles. The Hall–Kier alpha value is -2.83. The third-order valence-corrected chi connectivity index (χ3v) is 6.02. The Bertz CT molecular complexity index is 1110. The molecule has 0 saturated heterocycles. The lowest BCUT2D eigenvalue weighted by atomic mass is 9.93. The minimum atomic E-state index is -0.363. The van der Waals surface area contributed by atoms with Crippen molar-refractivity contribution in [2.75, 3.05) is 14.2 Å². The van der Waals surface area contributed by atoms with Crippen LogP contribution in [0.2, 0.25) is 0 Å². The predicted molar refractivity (Wildman–Crippen MR) is 126 cm³/mol. The maximum absolute atomic E-state index is 10.6. The highest BCUT2D eigenvalue weighted by Crippen LogP contribution is 2.38. The van der Waals surface area contributed by atoms with E-state index in [4.69, 9.17) is 14.5 Å². The number of hydrogen-bond acceptors (Lipinski definition) is 5. The van der Waals surface area contributed by atoms with Gasteiger partial charge in [0, 0.05) is 33.8 Å². The van der Waals surface area contributed by atoms with Gasteiger partial charge in [-0.2, -0.15) is 0 Å². The summed E-state index contributed by atoms with van der Waals surface area (Å²) in [6.45, 7) is 2.07. The summed E-state index contributed by atoms with van der Waals surface area (Å²) in [6.07, 6.45) is 0.286. The van der Waals surface area contributed by atoms with Crippen molar-refractivity contribution in [3.05, 3.63) is 87.4 Å². The Morgan fingerprint density at radius 2 is 1.74 bits per heavy atom. The van der Waals surface area contributed by atoms with E-state index in [1.165, 1.54) is 5.56 Å². The quantitative estimate of drug-likeness (QED) is 0.491.